The first kappa shape index (κ1) is 16.1. The van der Waals surface area contributed by atoms with Crippen LogP contribution in [0.3, 0.4) is 0 Å². The van der Waals surface area contributed by atoms with E-state index in [9.17, 15) is 0 Å². The summed E-state index contributed by atoms with van der Waals surface area (Å²) in [4.78, 5) is 9.65. The van der Waals surface area contributed by atoms with Crippen molar-refractivity contribution < 1.29 is 0 Å². The van der Waals surface area contributed by atoms with Crippen LogP contribution in [-0.2, 0) is 0 Å². The Kier molecular flexibility index (Phi) is 5.61. The summed E-state index contributed by atoms with van der Waals surface area (Å²) in [6.45, 7) is 7.20. The van der Waals surface area contributed by atoms with Crippen molar-refractivity contribution in [3.05, 3.63) is 0 Å². The largest absolute Gasteiger partial charge is 0.355 e. The molecule has 0 atom stereocenters. The zero-order valence-electron chi connectivity index (χ0n) is 14.4. The zero-order valence-corrected chi connectivity index (χ0v) is 14.4. The summed E-state index contributed by atoms with van der Waals surface area (Å²) >= 11 is 0. The zero-order chi connectivity index (χ0) is 15.3. The van der Waals surface area contributed by atoms with Gasteiger partial charge in [-0.2, -0.15) is 0 Å². The molecule has 0 aromatic rings. The summed E-state index contributed by atoms with van der Waals surface area (Å²) in [5.74, 6) is 1.14. The number of nitrogens with one attached hydrogen (secondary N) is 1. The fourth-order valence-electron chi connectivity index (χ4n) is 4.67. The molecule has 22 heavy (non-hydrogen) atoms. The average Bonchev–Trinajstić information content (AvgIpc) is 2.96. The first-order valence-corrected chi connectivity index (χ1v) is 9.49. The molecular formula is C18H34N4. The number of rotatable bonds is 3. The molecule has 0 unspecified atom stereocenters. The van der Waals surface area contributed by atoms with Gasteiger partial charge in [-0.3, -0.25) is 4.99 Å². The van der Waals surface area contributed by atoms with Gasteiger partial charge in [0, 0.05) is 33.2 Å². The molecule has 3 aliphatic rings. The van der Waals surface area contributed by atoms with E-state index in [4.69, 9.17) is 0 Å². The van der Waals surface area contributed by atoms with E-state index in [0.29, 0.717) is 5.41 Å². The molecule has 2 saturated heterocycles. The average molecular weight is 306 g/mol. The van der Waals surface area contributed by atoms with Crippen LogP contribution in [0.4, 0.5) is 0 Å². The molecule has 3 rings (SSSR count). The molecule has 3 fully saturated rings. The second kappa shape index (κ2) is 7.67. The molecule has 0 radical (unpaired) electrons. The van der Waals surface area contributed by atoms with Gasteiger partial charge >= 0.3 is 0 Å². The molecule has 2 heterocycles. The maximum Gasteiger partial charge on any atom is 0.193 e. The quantitative estimate of drug-likeness (QED) is 0.642. The van der Waals surface area contributed by atoms with E-state index in [0.717, 1.165) is 19.0 Å². The number of nitrogens with zero attached hydrogens (tertiary/aromatic N) is 3. The highest BCUT2D eigenvalue weighted by Gasteiger charge is 2.39. The Morgan fingerprint density at radius 3 is 2.41 bits per heavy atom. The minimum absolute atomic E-state index is 0.614. The summed E-state index contributed by atoms with van der Waals surface area (Å²) in [5.41, 5.74) is 0.614. The molecule has 1 spiro atoms. The Morgan fingerprint density at radius 2 is 1.68 bits per heavy atom. The van der Waals surface area contributed by atoms with E-state index in [1.165, 1.54) is 84.0 Å². The van der Waals surface area contributed by atoms with Crippen molar-refractivity contribution in [1.82, 2.24) is 15.1 Å². The van der Waals surface area contributed by atoms with Crippen LogP contribution in [0, 0.1) is 5.41 Å². The number of aliphatic imine (C=N–C) groups is 1. The Hall–Kier alpha value is -0.770. The van der Waals surface area contributed by atoms with E-state index >= 15 is 0 Å². The number of piperidine rings is 1. The Morgan fingerprint density at radius 1 is 0.955 bits per heavy atom. The normalized spacial score (nSPS) is 26.6. The molecule has 4 heteroatoms. The Labute approximate surface area is 136 Å². The van der Waals surface area contributed by atoms with Gasteiger partial charge in [-0.05, 0) is 50.6 Å². The molecule has 0 aromatic heterocycles. The molecule has 126 valence electrons. The van der Waals surface area contributed by atoms with Gasteiger partial charge in [-0.25, -0.2) is 0 Å². The number of guanidine groups is 1. The lowest BCUT2D eigenvalue weighted by Crippen LogP contribution is -2.45. The second-order valence-corrected chi connectivity index (χ2v) is 7.61. The highest BCUT2D eigenvalue weighted by molar-refractivity contribution is 5.80. The third-order valence-corrected chi connectivity index (χ3v) is 6.02. The molecule has 1 N–H and O–H groups in total. The molecule has 4 nitrogen and oxygen atoms in total. The molecule has 0 aromatic carbocycles. The molecule has 2 aliphatic heterocycles. The van der Waals surface area contributed by atoms with Crippen molar-refractivity contribution in [2.45, 2.75) is 57.8 Å². The second-order valence-electron chi connectivity index (χ2n) is 7.61. The molecule has 0 bridgehead atoms. The van der Waals surface area contributed by atoms with Gasteiger partial charge in [0.05, 0.1) is 0 Å². The van der Waals surface area contributed by atoms with Gasteiger partial charge in [0.1, 0.15) is 0 Å². The van der Waals surface area contributed by atoms with Crippen LogP contribution in [0.25, 0.3) is 0 Å². The van der Waals surface area contributed by atoms with Gasteiger partial charge in [0.25, 0.3) is 0 Å². The van der Waals surface area contributed by atoms with Crippen molar-refractivity contribution >= 4 is 5.96 Å². The lowest BCUT2D eigenvalue weighted by Gasteiger charge is -2.34. The van der Waals surface area contributed by atoms with Crippen molar-refractivity contribution in [3.8, 4) is 0 Å². The van der Waals surface area contributed by atoms with Gasteiger partial charge < -0.3 is 15.1 Å². The standard InChI is InChI=1S/C18H34N4/c1-19-17(20-11-15-21-12-6-3-7-13-21)22-14-10-18(16-22)8-4-2-5-9-18/h2-16H2,1H3,(H,19,20). The molecule has 0 amide bonds. The van der Waals surface area contributed by atoms with Crippen LogP contribution in [0.5, 0.6) is 0 Å². The van der Waals surface area contributed by atoms with Gasteiger partial charge in [-0.1, -0.05) is 25.7 Å². The number of hydrogen-bond donors (Lipinski definition) is 1. The molecule has 1 aliphatic carbocycles. The molecular weight excluding hydrogens is 272 g/mol. The van der Waals surface area contributed by atoms with Crippen molar-refractivity contribution in [1.29, 1.82) is 0 Å². The summed E-state index contributed by atoms with van der Waals surface area (Å²) in [5, 5.41) is 3.61. The topological polar surface area (TPSA) is 30.9 Å². The fourth-order valence-corrected chi connectivity index (χ4v) is 4.67. The van der Waals surface area contributed by atoms with E-state index in [-0.39, 0.29) is 0 Å². The van der Waals surface area contributed by atoms with Crippen LogP contribution in [0.1, 0.15) is 57.8 Å². The van der Waals surface area contributed by atoms with Gasteiger partial charge in [-0.15, -0.1) is 0 Å². The van der Waals surface area contributed by atoms with Crippen LogP contribution in [-0.4, -0.2) is 62.1 Å². The van der Waals surface area contributed by atoms with E-state index in [2.05, 4.69) is 20.1 Å². The lowest BCUT2D eigenvalue weighted by molar-refractivity contribution is 0.202. The predicted molar refractivity (Wildman–Crippen MR) is 93.4 cm³/mol. The first-order chi connectivity index (χ1) is 10.8. The maximum atomic E-state index is 4.54. The predicted octanol–water partition coefficient (Wildman–Crippen LogP) is 2.70. The SMILES string of the molecule is CN=C(NCCN1CCCCC1)N1CCC2(CCCCC2)C1. The highest BCUT2D eigenvalue weighted by atomic mass is 15.3. The Bertz CT molecular complexity index is 367. The minimum atomic E-state index is 0.614. The lowest BCUT2D eigenvalue weighted by atomic mass is 9.73. The fraction of sp³-hybridized carbons (Fsp3) is 0.944. The first-order valence-electron chi connectivity index (χ1n) is 9.49. The van der Waals surface area contributed by atoms with E-state index < -0.39 is 0 Å². The smallest absolute Gasteiger partial charge is 0.193 e. The summed E-state index contributed by atoms with van der Waals surface area (Å²) < 4.78 is 0. The van der Waals surface area contributed by atoms with Crippen LogP contribution in [0.2, 0.25) is 0 Å². The van der Waals surface area contributed by atoms with Crippen LogP contribution >= 0.6 is 0 Å². The minimum Gasteiger partial charge on any atom is -0.355 e. The van der Waals surface area contributed by atoms with Crippen molar-refractivity contribution in [2.75, 3.05) is 46.3 Å². The van der Waals surface area contributed by atoms with E-state index in [1.54, 1.807) is 0 Å². The van der Waals surface area contributed by atoms with Gasteiger partial charge in [0.15, 0.2) is 5.96 Å². The maximum absolute atomic E-state index is 4.54. The monoisotopic (exact) mass is 306 g/mol. The Balaban J connectivity index is 1.43. The summed E-state index contributed by atoms with van der Waals surface area (Å²) in [6.07, 6.45) is 12.8. The molecule has 1 saturated carbocycles. The van der Waals surface area contributed by atoms with Crippen LogP contribution < -0.4 is 5.32 Å². The number of likely N-dealkylation sites (tertiary alicyclic amines) is 2. The van der Waals surface area contributed by atoms with Crippen molar-refractivity contribution in [3.63, 3.8) is 0 Å². The van der Waals surface area contributed by atoms with Crippen molar-refractivity contribution in [2.24, 2.45) is 10.4 Å². The third kappa shape index (κ3) is 3.95. The van der Waals surface area contributed by atoms with Crippen LogP contribution in [0.15, 0.2) is 4.99 Å². The summed E-state index contributed by atoms with van der Waals surface area (Å²) in [6, 6.07) is 0. The van der Waals surface area contributed by atoms with Gasteiger partial charge in [0.2, 0.25) is 0 Å². The third-order valence-electron chi connectivity index (χ3n) is 6.02. The number of hydrogen-bond acceptors (Lipinski definition) is 2. The highest BCUT2D eigenvalue weighted by Crippen LogP contribution is 2.43. The summed E-state index contributed by atoms with van der Waals surface area (Å²) in [7, 11) is 1.94. The van der Waals surface area contributed by atoms with E-state index in [1.807, 2.05) is 7.05 Å².